The lowest BCUT2D eigenvalue weighted by atomic mass is 9.71. The van der Waals surface area contributed by atoms with Crippen molar-refractivity contribution in [3.05, 3.63) is 29.8 Å². The van der Waals surface area contributed by atoms with Crippen LogP contribution in [0, 0.1) is 28.6 Å². The van der Waals surface area contributed by atoms with Gasteiger partial charge in [-0.3, -0.25) is 67.6 Å². The monoisotopic (exact) mass is 1470 g/mol. The summed E-state index contributed by atoms with van der Waals surface area (Å²) in [6.07, 6.45) is 5.09. The topological polar surface area (TPSA) is 493 Å². The van der Waals surface area contributed by atoms with Crippen molar-refractivity contribution < 1.29 is 102 Å². The molecule has 0 spiro atoms. The lowest BCUT2D eigenvalue weighted by Crippen LogP contribution is -2.60. The van der Waals surface area contributed by atoms with Crippen molar-refractivity contribution in [2.75, 3.05) is 57.9 Å². The van der Waals surface area contributed by atoms with E-state index in [1.165, 1.54) is 39.5 Å². The molecule has 0 radical (unpaired) electrons. The molecule has 0 aliphatic heterocycles. The smallest absolute Gasteiger partial charge is 0.326 e. The molecule has 1 aromatic rings. The molecule has 1 aliphatic carbocycles. The first-order chi connectivity index (χ1) is 48.7. The van der Waals surface area contributed by atoms with Crippen LogP contribution < -0.4 is 53.6 Å². The highest BCUT2D eigenvalue weighted by atomic mass is 16.5. The molecule has 1 aromatic carbocycles. The number of nitrogens with two attached hydrogens (primary N) is 1. The quantitative estimate of drug-likeness (QED) is 0.0382. The SMILES string of the molecule is CCCCCC(C)CCNc1ccc(C(=O)NCCCCC(NC(C)(C)C(=O)COCCOCCNC(C)(C)C(=O)C(CCC(=O)O)NC(=O)C(CCC(=O)O)NC(=O)C(CCC(=O)O)NC(=O)CCC(NC(=O)C2CCC(CNC(=O)CC(C)(C)CC(C)(C)CC(=O)O)CC2)C(=O)O)C(N)=O)cc1. The Kier molecular flexibility index (Phi) is 41.2. The summed E-state index contributed by atoms with van der Waals surface area (Å²) in [6, 6.07) is -0.114. The number of anilines is 1. The Morgan fingerprint density at radius 1 is 0.529 bits per heavy atom. The lowest BCUT2D eigenvalue weighted by molar-refractivity contribution is -0.143. The van der Waals surface area contributed by atoms with Crippen LogP contribution in [0.25, 0.3) is 0 Å². The summed E-state index contributed by atoms with van der Waals surface area (Å²) in [6.45, 7) is 19.2. The Balaban J connectivity index is 1.93. The number of ketones is 2. The Hall–Kier alpha value is -8.16. The number of amides is 7. The van der Waals surface area contributed by atoms with Gasteiger partial charge in [0.05, 0.1) is 49.4 Å². The molecule has 7 amide bonds. The second-order valence-electron chi connectivity index (χ2n) is 30.1. The highest BCUT2D eigenvalue weighted by Crippen LogP contribution is 2.38. The first-order valence-electron chi connectivity index (χ1n) is 36.4. The third-order valence-electron chi connectivity index (χ3n) is 18.4. The van der Waals surface area contributed by atoms with Crippen LogP contribution in [0.3, 0.4) is 0 Å². The molecule has 6 unspecified atom stereocenters. The molecule has 31 nitrogen and oxygen atoms in total. The van der Waals surface area contributed by atoms with Gasteiger partial charge in [-0.2, -0.15) is 0 Å². The van der Waals surface area contributed by atoms with E-state index in [0.717, 1.165) is 18.7 Å². The highest BCUT2D eigenvalue weighted by Gasteiger charge is 2.39. The minimum atomic E-state index is -1.75. The first kappa shape index (κ1) is 91.9. The Labute approximate surface area is 611 Å². The average molecular weight is 1470 g/mol. The number of aliphatic carboxylic acids is 5. The van der Waals surface area contributed by atoms with Gasteiger partial charge in [0.1, 0.15) is 24.7 Å². The zero-order valence-corrected chi connectivity index (χ0v) is 62.7. The van der Waals surface area contributed by atoms with E-state index in [4.69, 9.17) is 15.2 Å². The first-order valence-corrected chi connectivity index (χ1v) is 36.4. The number of carboxylic acid groups (broad SMARTS) is 5. The summed E-state index contributed by atoms with van der Waals surface area (Å²) in [4.78, 5) is 179. The van der Waals surface area contributed by atoms with Crippen molar-refractivity contribution in [2.24, 2.45) is 34.3 Å². The number of unbranched alkanes of at least 4 members (excludes halogenated alkanes) is 3. The van der Waals surface area contributed by atoms with Gasteiger partial charge < -0.3 is 83.3 Å². The zero-order chi connectivity index (χ0) is 78.4. The second-order valence-corrected chi connectivity index (χ2v) is 30.1. The number of carbonyl (C=O) groups is 14. The maximum absolute atomic E-state index is 14.1. The molecular formula is C73H120N10O21. The summed E-state index contributed by atoms with van der Waals surface area (Å²) < 4.78 is 11.2. The summed E-state index contributed by atoms with van der Waals surface area (Å²) >= 11 is 0. The summed E-state index contributed by atoms with van der Waals surface area (Å²) in [5.74, 6) is -12.4. The molecular weight excluding hydrogens is 1350 g/mol. The van der Waals surface area contributed by atoms with Crippen molar-refractivity contribution in [2.45, 2.75) is 258 Å². The maximum Gasteiger partial charge on any atom is 0.326 e. The molecule has 0 saturated heterocycles. The number of Topliss-reactive ketones (excluding diaryl/α,β-unsaturated/α-hetero) is 2. The fourth-order valence-electron chi connectivity index (χ4n) is 12.6. The van der Waals surface area contributed by atoms with E-state index in [1.54, 1.807) is 26.0 Å². The van der Waals surface area contributed by atoms with Gasteiger partial charge in [0, 0.05) is 75.5 Å². The molecule has 2 rings (SSSR count). The minimum absolute atomic E-state index is 0.00187. The van der Waals surface area contributed by atoms with Crippen molar-refractivity contribution >= 4 is 88.5 Å². The number of hydrogen-bond acceptors (Lipinski definition) is 19. The number of nitrogens with one attached hydrogen (secondary N) is 9. The fourth-order valence-corrected chi connectivity index (χ4v) is 12.6. The molecule has 1 fully saturated rings. The molecule has 0 heterocycles. The standard InChI is InChI=1S/C73H120N10O21/c1-11-12-13-16-46(2)34-36-75-50-24-22-48(23-25-50)65(97)76-35-15-14-17-52(64(74)96)83-72(7,8)56(84)44-104-40-39-103-38-37-78-73(9,10)63(95)51(27-31-59(87)88)80-68(100)54(29-33-61(91)92)81-67(99)53(28-32-60(89)90)79-57(85)30-26-55(69(101)102)82-66(98)49-20-18-47(19-21-49)43-77-58(86)41-70(3,4)45-71(5,6)42-62(93)94/h22-25,46-47,49,51-55,75,78,83H,11-21,26-45H2,1-10H3,(H2,74,96)(H,76,97)(H,77,86)(H,79,85)(H,80,100)(H,81,99)(H,82,98)(H,87,88)(H,89,90)(H,91,92)(H,93,94)(H,101,102). The van der Waals surface area contributed by atoms with Crippen molar-refractivity contribution in [1.29, 1.82) is 0 Å². The predicted octanol–water partition coefficient (Wildman–Crippen LogP) is 5.00. The zero-order valence-electron chi connectivity index (χ0n) is 62.7. The van der Waals surface area contributed by atoms with Crippen LogP contribution in [0.5, 0.6) is 0 Å². The second kappa shape index (κ2) is 46.6. The van der Waals surface area contributed by atoms with Crippen molar-refractivity contribution in [3.8, 4) is 0 Å². The van der Waals surface area contributed by atoms with Gasteiger partial charge in [0.15, 0.2) is 11.6 Å². The van der Waals surface area contributed by atoms with Gasteiger partial charge in [-0.15, -0.1) is 0 Å². The Morgan fingerprint density at radius 3 is 1.64 bits per heavy atom. The van der Waals surface area contributed by atoms with Gasteiger partial charge >= 0.3 is 29.8 Å². The van der Waals surface area contributed by atoms with Crippen LogP contribution in [-0.4, -0.2) is 202 Å². The van der Waals surface area contributed by atoms with Crippen LogP contribution in [-0.2, 0) is 71.8 Å². The van der Waals surface area contributed by atoms with E-state index in [1.807, 2.05) is 39.8 Å². The van der Waals surface area contributed by atoms with E-state index in [2.05, 4.69) is 61.7 Å². The Bertz CT molecular complexity index is 2990. The molecule has 0 aromatic heterocycles. The fraction of sp³-hybridized carbons (Fsp3) is 0.726. The Morgan fingerprint density at radius 2 is 1.08 bits per heavy atom. The third-order valence-corrected chi connectivity index (χ3v) is 18.4. The van der Waals surface area contributed by atoms with E-state index in [9.17, 15) is 92.7 Å². The predicted molar refractivity (Wildman–Crippen MR) is 386 cm³/mol. The number of primary amides is 1. The highest BCUT2D eigenvalue weighted by molar-refractivity contribution is 5.98. The van der Waals surface area contributed by atoms with Crippen LogP contribution >= 0.6 is 0 Å². The van der Waals surface area contributed by atoms with Gasteiger partial charge in [-0.1, -0.05) is 67.2 Å². The minimum Gasteiger partial charge on any atom is -0.481 e. The normalized spacial score (nSPS) is 15.8. The van der Waals surface area contributed by atoms with Gasteiger partial charge in [-0.25, -0.2) is 4.79 Å². The molecule has 16 N–H and O–H groups in total. The van der Waals surface area contributed by atoms with Crippen LogP contribution in [0.1, 0.15) is 227 Å². The van der Waals surface area contributed by atoms with Crippen molar-refractivity contribution in [1.82, 2.24) is 42.5 Å². The van der Waals surface area contributed by atoms with E-state index in [-0.39, 0.29) is 69.3 Å². The van der Waals surface area contributed by atoms with Gasteiger partial charge in [0.2, 0.25) is 35.4 Å². The number of carbonyl (C=O) groups excluding carboxylic acids is 9. The molecule has 31 heteroatoms. The molecule has 104 heavy (non-hydrogen) atoms. The largest absolute Gasteiger partial charge is 0.481 e. The summed E-state index contributed by atoms with van der Waals surface area (Å²) in [5.41, 5.74) is 3.46. The summed E-state index contributed by atoms with van der Waals surface area (Å²) in [7, 11) is 0. The van der Waals surface area contributed by atoms with Gasteiger partial charge in [-0.05, 0) is 158 Å². The maximum atomic E-state index is 14.1. The van der Waals surface area contributed by atoms with Crippen molar-refractivity contribution in [3.63, 3.8) is 0 Å². The lowest BCUT2D eigenvalue weighted by Gasteiger charge is -2.34. The van der Waals surface area contributed by atoms with E-state index >= 15 is 0 Å². The molecule has 1 saturated carbocycles. The average Bonchev–Trinajstić information content (AvgIpc) is 0.854. The van der Waals surface area contributed by atoms with Crippen LogP contribution in [0.4, 0.5) is 5.69 Å². The molecule has 1 aliphatic rings. The van der Waals surface area contributed by atoms with Crippen LogP contribution in [0.15, 0.2) is 24.3 Å². The van der Waals surface area contributed by atoms with Gasteiger partial charge in [0.25, 0.3) is 5.91 Å². The number of hydrogen-bond donors (Lipinski definition) is 15. The number of benzene rings is 1. The molecule has 6 atom stereocenters. The third kappa shape index (κ3) is 38.6. The number of ether oxygens (including phenoxy) is 2. The van der Waals surface area contributed by atoms with E-state index in [0.29, 0.717) is 75.9 Å². The summed E-state index contributed by atoms with van der Waals surface area (Å²) in [5, 5.41) is 72.8. The molecule has 0 bridgehead atoms. The number of rotatable bonds is 57. The molecule has 588 valence electrons. The number of carboxylic acids is 5. The van der Waals surface area contributed by atoms with Crippen LogP contribution in [0.2, 0.25) is 0 Å². The van der Waals surface area contributed by atoms with E-state index < -0.39 is 175 Å².